The predicted molar refractivity (Wildman–Crippen MR) is 136 cm³/mol. The summed E-state index contributed by atoms with van der Waals surface area (Å²) in [4.78, 5) is 26.9. The Labute approximate surface area is 216 Å². The number of fused-ring (bicyclic) bond motifs is 1. The Hall–Kier alpha value is -4.18. The van der Waals surface area contributed by atoms with Crippen LogP contribution in [0.15, 0.2) is 65.6 Å². The third kappa shape index (κ3) is 5.26. The van der Waals surface area contributed by atoms with Crippen LogP contribution in [0.3, 0.4) is 0 Å². The lowest BCUT2D eigenvalue weighted by atomic mass is 10.0. The van der Waals surface area contributed by atoms with Crippen LogP contribution in [0.2, 0.25) is 0 Å². The van der Waals surface area contributed by atoms with Gasteiger partial charge in [0.2, 0.25) is 0 Å². The molecule has 1 N–H and O–H groups in total. The predicted octanol–water partition coefficient (Wildman–Crippen LogP) is 5.09. The van der Waals surface area contributed by atoms with Gasteiger partial charge in [-0.25, -0.2) is 4.98 Å². The molecule has 7 nitrogen and oxygen atoms in total. The standard InChI is InChI=1S/C28H25F3N4O3/c1-37-24-10-6-19(13-25(24)38-2)22-9-3-17(14-32-22)15-35-12-11-23-21(16-35)27(36)34-26(33-23)18-4-7-20(8-5-18)28(29,30)31/h3-10,13-14H,11-12,15-16H2,1-2H3,(H,33,34,36). The van der Waals surface area contributed by atoms with Crippen molar-refractivity contribution in [3.05, 3.63) is 93.5 Å². The molecule has 0 unspecified atom stereocenters. The topological polar surface area (TPSA) is 80.3 Å². The molecule has 0 saturated carbocycles. The van der Waals surface area contributed by atoms with Gasteiger partial charge in [0.15, 0.2) is 11.5 Å². The lowest BCUT2D eigenvalue weighted by Crippen LogP contribution is -2.35. The second-order valence-electron chi connectivity index (χ2n) is 9.00. The van der Waals surface area contributed by atoms with Crippen molar-refractivity contribution >= 4 is 0 Å². The van der Waals surface area contributed by atoms with Crippen LogP contribution in [0.25, 0.3) is 22.6 Å². The molecule has 10 heteroatoms. The first-order valence-electron chi connectivity index (χ1n) is 11.9. The second kappa shape index (κ2) is 10.3. The number of benzene rings is 2. The number of pyridine rings is 1. The van der Waals surface area contributed by atoms with E-state index in [9.17, 15) is 18.0 Å². The number of halogens is 3. The maximum atomic E-state index is 12.9. The molecule has 1 aliphatic heterocycles. The average Bonchev–Trinajstić information content (AvgIpc) is 2.93. The summed E-state index contributed by atoms with van der Waals surface area (Å²) in [7, 11) is 3.18. The number of hydrogen-bond donors (Lipinski definition) is 1. The molecule has 2 aromatic heterocycles. The number of aromatic amines is 1. The SMILES string of the molecule is COc1ccc(-c2ccc(CN3CCc4nc(-c5ccc(C(F)(F)F)cc5)[nH]c(=O)c4C3)cn2)cc1OC. The van der Waals surface area contributed by atoms with Crippen molar-refractivity contribution in [2.45, 2.75) is 25.7 Å². The van der Waals surface area contributed by atoms with E-state index in [0.29, 0.717) is 54.4 Å². The summed E-state index contributed by atoms with van der Waals surface area (Å²) < 4.78 is 49.3. The Morgan fingerprint density at radius 1 is 0.974 bits per heavy atom. The number of hydrogen-bond acceptors (Lipinski definition) is 6. The van der Waals surface area contributed by atoms with E-state index in [1.54, 1.807) is 14.2 Å². The van der Waals surface area contributed by atoms with E-state index < -0.39 is 11.7 Å². The Bertz CT molecular complexity index is 1500. The fourth-order valence-corrected chi connectivity index (χ4v) is 4.51. The molecular formula is C28H25F3N4O3. The van der Waals surface area contributed by atoms with Crippen LogP contribution in [0.1, 0.15) is 22.4 Å². The van der Waals surface area contributed by atoms with Crippen LogP contribution in [0, 0.1) is 0 Å². The van der Waals surface area contributed by atoms with Gasteiger partial charge >= 0.3 is 6.18 Å². The summed E-state index contributed by atoms with van der Waals surface area (Å²) in [5.74, 6) is 1.54. The van der Waals surface area contributed by atoms with Crippen molar-refractivity contribution in [2.75, 3.05) is 20.8 Å². The molecule has 0 bridgehead atoms. The van der Waals surface area contributed by atoms with Crippen LogP contribution in [-0.4, -0.2) is 40.6 Å². The van der Waals surface area contributed by atoms with Crippen molar-refractivity contribution in [3.8, 4) is 34.1 Å². The molecule has 0 saturated heterocycles. The van der Waals surface area contributed by atoms with E-state index in [2.05, 4.69) is 19.9 Å². The fraction of sp³-hybridized carbons (Fsp3) is 0.250. The molecule has 0 atom stereocenters. The Morgan fingerprint density at radius 3 is 2.37 bits per heavy atom. The van der Waals surface area contributed by atoms with Gasteiger partial charge in [-0.1, -0.05) is 18.2 Å². The molecule has 2 aromatic carbocycles. The first-order chi connectivity index (χ1) is 18.2. The van der Waals surface area contributed by atoms with E-state index in [4.69, 9.17) is 9.47 Å². The van der Waals surface area contributed by atoms with Gasteiger partial charge < -0.3 is 14.5 Å². The van der Waals surface area contributed by atoms with Gasteiger partial charge in [0, 0.05) is 43.4 Å². The first-order valence-corrected chi connectivity index (χ1v) is 11.9. The number of H-pyrrole nitrogens is 1. The number of alkyl halides is 3. The van der Waals surface area contributed by atoms with Gasteiger partial charge in [-0.3, -0.25) is 14.7 Å². The average molecular weight is 523 g/mol. The minimum Gasteiger partial charge on any atom is -0.493 e. The van der Waals surface area contributed by atoms with E-state index in [-0.39, 0.29) is 11.4 Å². The minimum absolute atomic E-state index is 0.269. The summed E-state index contributed by atoms with van der Waals surface area (Å²) in [6, 6.07) is 14.2. The summed E-state index contributed by atoms with van der Waals surface area (Å²) >= 11 is 0. The van der Waals surface area contributed by atoms with Crippen molar-refractivity contribution < 1.29 is 22.6 Å². The highest BCUT2D eigenvalue weighted by Crippen LogP contribution is 2.32. The van der Waals surface area contributed by atoms with Crippen LogP contribution < -0.4 is 15.0 Å². The Morgan fingerprint density at radius 2 is 1.71 bits per heavy atom. The summed E-state index contributed by atoms with van der Waals surface area (Å²) in [5.41, 5.74) is 3.35. The zero-order valence-electron chi connectivity index (χ0n) is 20.8. The van der Waals surface area contributed by atoms with Gasteiger partial charge in [-0.2, -0.15) is 13.2 Å². The second-order valence-corrected chi connectivity index (χ2v) is 9.00. The van der Waals surface area contributed by atoms with Gasteiger partial charge in [0.1, 0.15) is 5.82 Å². The molecule has 196 valence electrons. The molecule has 4 aromatic rings. The lowest BCUT2D eigenvalue weighted by molar-refractivity contribution is -0.137. The molecule has 5 rings (SSSR count). The van der Waals surface area contributed by atoms with Crippen LogP contribution in [-0.2, 0) is 25.7 Å². The van der Waals surface area contributed by atoms with Crippen LogP contribution >= 0.6 is 0 Å². The van der Waals surface area contributed by atoms with Gasteiger partial charge in [0.05, 0.1) is 36.7 Å². The number of aromatic nitrogens is 3. The quantitative estimate of drug-likeness (QED) is 0.380. The van der Waals surface area contributed by atoms with Crippen LogP contribution in [0.5, 0.6) is 11.5 Å². The van der Waals surface area contributed by atoms with E-state index in [0.717, 1.165) is 29.0 Å². The number of methoxy groups -OCH3 is 2. The maximum Gasteiger partial charge on any atom is 0.416 e. The number of nitrogens with one attached hydrogen (secondary N) is 1. The zero-order valence-corrected chi connectivity index (χ0v) is 20.8. The van der Waals surface area contributed by atoms with Gasteiger partial charge in [0.25, 0.3) is 5.56 Å². The molecular weight excluding hydrogens is 497 g/mol. The monoisotopic (exact) mass is 522 g/mol. The molecule has 1 aliphatic rings. The first kappa shape index (κ1) is 25.5. The zero-order chi connectivity index (χ0) is 26.9. The maximum absolute atomic E-state index is 12.9. The number of nitrogens with zero attached hydrogens (tertiary/aromatic N) is 3. The highest BCUT2D eigenvalue weighted by Gasteiger charge is 2.30. The lowest BCUT2D eigenvalue weighted by Gasteiger charge is -2.27. The highest BCUT2D eigenvalue weighted by molar-refractivity contribution is 5.64. The largest absolute Gasteiger partial charge is 0.493 e. The van der Waals surface area contributed by atoms with Gasteiger partial charge in [-0.05, 0) is 42.0 Å². The molecule has 0 spiro atoms. The molecule has 0 radical (unpaired) electrons. The molecule has 0 aliphatic carbocycles. The Kier molecular flexibility index (Phi) is 6.90. The minimum atomic E-state index is -4.42. The smallest absolute Gasteiger partial charge is 0.416 e. The van der Waals surface area contributed by atoms with Crippen molar-refractivity contribution in [3.63, 3.8) is 0 Å². The van der Waals surface area contributed by atoms with Crippen LogP contribution in [0.4, 0.5) is 13.2 Å². The molecule has 0 amide bonds. The molecule has 0 fully saturated rings. The van der Waals surface area contributed by atoms with Crippen molar-refractivity contribution in [2.24, 2.45) is 0 Å². The summed E-state index contributed by atoms with van der Waals surface area (Å²) in [5, 5.41) is 0. The summed E-state index contributed by atoms with van der Waals surface area (Å²) in [6.45, 7) is 1.72. The molecule has 38 heavy (non-hydrogen) atoms. The van der Waals surface area contributed by atoms with E-state index in [1.165, 1.54) is 12.1 Å². The van der Waals surface area contributed by atoms with Gasteiger partial charge in [-0.15, -0.1) is 0 Å². The summed E-state index contributed by atoms with van der Waals surface area (Å²) in [6.07, 6.45) is -2.04. The Balaban J connectivity index is 1.28. The van der Waals surface area contributed by atoms with Crippen molar-refractivity contribution in [1.82, 2.24) is 19.9 Å². The fourth-order valence-electron chi connectivity index (χ4n) is 4.51. The third-order valence-corrected chi connectivity index (χ3v) is 6.54. The van der Waals surface area contributed by atoms with E-state index >= 15 is 0 Å². The third-order valence-electron chi connectivity index (χ3n) is 6.54. The molecule has 3 heterocycles. The van der Waals surface area contributed by atoms with Crippen molar-refractivity contribution in [1.29, 1.82) is 0 Å². The number of ether oxygens (including phenoxy) is 2. The highest BCUT2D eigenvalue weighted by atomic mass is 19.4. The number of rotatable bonds is 6. The van der Waals surface area contributed by atoms with E-state index in [1.807, 2.05) is 36.5 Å². The normalized spacial score (nSPS) is 13.7.